The molecule has 0 atom stereocenters. The quantitative estimate of drug-likeness (QED) is 0.728. The molecule has 0 radical (unpaired) electrons. The summed E-state index contributed by atoms with van der Waals surface area (Å²) in [5.74, 6) is -0.451. The Morgan fingerprint density at radius 1 is 1.00 bits per heavy atom. The number of aromatic amines is 1. The number of carbonyl (C=O) groups is 1. The first kappa shape index (κ1) is 16.7. The van der Waals surface area contributed by atoms with E-state index in [2.05, 4.69) is 4.98 Å². The van der Waals surface area contributed by atoms with Crippen molar-refractivity contribution in [1.29, 1.82) is 0 Å². The SMILES string of the molecule is CCOC(=O)c1c(-c2ccccc2)cc(=O)[nH]c1-c1ccc(C)cc1. The number of hydrogen-bond donors (Lipinski definition) is 1. The Labute approximate surface area is 146 Å². The highest BCUT2D eigenvalue weighted by atomic mass is 16.5. The first-order valence-corrected chi connectivity index (χ1v) is 8.17. The molecule has 0 saturated heterocycles. The van der Waals surface area contributed by atoms with Crippen LogP contribution in [0.3, 0.4) is 0 Å². The number of esters is 1. The molecule has 0 spiro atoms. The van der Waals surface area contributed by atoms with Gasteiger partial charge in [-0.1, -0.05) is 60.2 Å². The number of ether oxygens (including phenoxy) is 1. The van der Waals surface area contributed by atoms with Gasteiger partial charge in [0.15, 0.2) is 0 Å². The van der Waals surface area contributed by atoms with Crippen LogP contribution in [0, 0.1) is 6.92 Å². The molecule has 0 aliphatic heterocycles. The zero-order valence-electron chi connectivity index (χ0n) is 14.2. The fourth-order valence-corrected chi connectivity index (χ4v) is 2.76. The number of nitrogens with one attached hydrogen (secondary N) is 1. The zero-order valence-corrected chi connectivity index (χ0v) is 14.2. The lowest BCUT2D eigenvalue weighted by atomic mass is 9.95. The summed E-state index contributed by atoms with van der Waals surface area (Å²) in [6, 6.07) is 18.5. The number of rotatable bonds is 4. The summed E-state index contributed by atoms with van der Waals surface area (Å²) in [7, 11) is 0. The van der Waals surface area contributed by atoms with E-state index in [1.165, 1.54) is 6.07 Å². The van der Waals surface area contributed by atoms with Crippen LogP contribution in [0.5, 0.6) is 0 Å². The molecular weight excluding hydrogens is 314 g/mol. The van der Waals surface area contributed by atoms with E-state index in [1.54, 1.807) is 6.92 Å². The van der Waals surface area contributed by atoms with E-state index < -0.39 is 5.97 Å². The molecule has 3 rings (SSSR count). The summed E-state index contributed by atoms with van der Waals surface area (Å²) in [5.41, 5.74) is 3.82. The van der Waals surface area contributed by atoms with Gasteiger partial charge in [-0.3, -0.25) is 4.79 Å². The predicted octanol–water partition coefficient (Wildman–Crippen LogP) is 4.19. The number of pyridine rings is 1. The fourth-order valence-electron chi connectivity index (χ4n) is 2.76. The molecule has 25 heavy (non-hydrogen) atoms. The van der Waals surface area contributed by atoms with Gasteiger partial charge >= 0.3 is 5.97 Å². The third kappa shape index (κ3) is 3.53. The Balaban J connectivity index is 2.30. The van der Waals surface area contributed by atoms with Crippen LogP contribution in [-0.2, 0) is 4.74 Å². The van der Waals surface area contributed by atoms with Gasteiger partial charge in [0.2, 0.25) is 5.56 Å². The van der Waals surface area contributed by atoms with Gasteiger partial charge < -0.3 is 9.72 Å². The second kappa shape index (κ2) is 7.18. The second-order valence-corrected chi connectivity index (χ2v) is 5.75. The van der Waals surface area contributed by atoms with Crippen molar-refractivity contribution in [1.82, 2.24) is 4.98 Å². The Morgan fingerprint density at radius 3 is 2.32 bits per heavy atom. The number of hydrogen-bond acceptors (Lipinski definition) is 3. The van der Waals surface area contributed by atoms with Crippen LogP contribution in [0.1, 0.15) is 22.8 Å². The number of aryl methyl sites for hydroxylation is 1. The molecule has 1 aromatic heterocycles. The van der Waals surface area contributed by atoms with Gasteiger partial charge in [0.05, 0.1) is 17.9 Å². The normalized spacial score (nSPS) is 10.5. The lowest BCUT2D eigenvalue weighted by molar-refractivity contribution is 0.0528. The Morgan fingerprint density at radius 2 is 1.68 bits per heavy atom. The number of benzene rings is 2. The highest BCUT2D eigenvalue weighted by Gasteiger charge is 2.21. The number of aromatic nitrogens is 1. The predicted molar refractivity (Wildman–Crippen MR) is 98.6 cm³/mol. The van der Waals surface area contributed by atoms with Crippen molar-refractivity contribution in [2.75, 3.05) is 6.61 Å². The molecule has 4 heteroatoms. The molecule has 4 nitrogen and oxygen atoms in total. The van der Waals surface area contributed by atoms with Crippen molar-refractivity contribution in [2.24, 2.45) is 0 Å². The minimum Gasteiger partial charge on any atom is -0.462 e. The Kier molecular flexibility index (Phi) is 4.80. The Hall–Kier alpha value is -3.14. The van der Waals surface area contributed by atoms with Crippen LogP contribution in [0.15, 0.2) is 65.5 Å². The van der Waals surface area contributed by atoms with Crippen LogP contribution in [0.4, 0.5) is 0 Å². The monoisotopic (exact) mass is 333 g/mol. The van der Waals surface area contributed by atoms with Crippen molar-refractivity contribution in [3.05, 3.63) is 82.1 Å². The maximum absolute atomic E-state index is 12.7. The van der Waals surface area contributed by atoms with Crippen molar-refractivity contribution in [3.63, 3.8) is 0 Å². The van der Waals surface area contributed by atoms with Crippen molar-refractivity contribution >= 4 is 5.97 Å². The molecule has 2 aromatic carbocycles. The molecule has 0 saturated carbocycles. The topological polar surface area (TPSA) is 59.2 Å². The van der Waals surface area contributed by atoms with E-state index in [9.17, 15) is 9.59 Å². The molecule has 0 fully saturated rings. The van der Waals surface area contributed by atoms with Gasteiger partial charge in [-0.15, -0.1) is 0 Å². The maximum Gasteiger partial charge on any atom is 0.340 e. The van der Waals surface area contributed by atoms with Crippen LogP contribution in [-0.4, -0.2) is 17.6 Å². The number of H-pyrrole nitrogens is 1. The average Bonchev–Trinajstić information content (AvgIpc) is 2.62. The fraction of sp³-hybridized carbons (Fsp3) is 0.143. The molecule has 0 unspecified atom stereocenters. The zero-order chi connectivity index (χ0) is 17.8. The summed E-state index contributed by atoms with van der Waals surface area (Å²) >= 11 is 0. The smallest absolute Gasteiger partial charge is 0.340 e. The summed E-state index contributed by atoms with van der Waals surface area (Å²) in [6.45, 7) is 4.01. The minimum absolute atomic E-state index is 0.262. The van der Waals surface area contributed by atoms with Crippen molar-refractivity contribution in [3.8, 4) is 22.4 Å². The van der Waals surface area contributed by atoms with Gasteiger partial charge in [0.25, 0.3) is 0 Å². The van der Waals surface area contributed by atoms with Gasteiger partial charge in [-0.25, -0.2) is 4.79 Å². The molecule has 0 aliphatic rings. The number of carbonyl (C=O) groups excluding carboxylic acids is 1. The molecule has 1 heterocycles. The molecule has 0 amide bonds. The van der Waals surface area contributed by atoms with Gasteiger partial charge in [-0.2, -0.15) is 0 Å². The van der Waals surface area contributed by atoms with E-state index in [0.717, 1.165) is 16.7 Å². The third-order valence-corrected chi connectivity index (χ3v) is 3.95. The van der Waals surface area contributed by atoms with E-state index >= 15 is 0 Å². The highest BCUT2D eigenvalue weighted by Crippen LogP contribution is 2.30. The summed E-state index contributed by atoms with van der Waals surface area (Å²) in [4.78, 5) is 27.7. The molecule has 126 valence electrons. The van der Waals surface area contributed by atoms with E-state index in [-0.39, 0.29) is 12.2 Å². The average molecular weight is 333 g/mol. The standard InChI is InChI=1S/C21H19NO3/c1-3-25-21(24)19-17(15-7-5-4-6-8-15)13-18(23)22-20(19)16-11-9-14(2)10-12-16/h4-13H,3H2,1-2H3,(H,22,23). The van der Waals surface area contributed by atoms with Gasteiger partial charge in [-0.05, 0) is 25.0 Å². The lowest BCUT2D eigenvalue weighted by Crippen LogP contribution is -2.15. The van der Waals surface area contributed by atoms with Crippen LogP contribution >= 0.6 is 0 Å². The first-order valence-electron chi connectivity index (χ1n) is 8.17. The summed E-state index contributed by atoms with van der Waals surface area (Å²) < 4.78 is 5.25. The molecule has 0 aliphatic carbocycles. The van der Waals surface area contributed by atoms with E-state index in [1.807, 2.05) is 61.5 Å². The molecule has 3 aromatic rings. The largest absolute Gasteiger partial charge is 0.462 e. The van der Waals surface area contributed by atoms with Crippen LogP contribution in [0.25, 0.3) is 22.4 Å². The minimum atomic E-state index is -0.451. The van der Waals surface area contributed by atoms with E-state index in [4.69, 9.17) is 4.74 Å². The van der Waals surface area contributed by atoms with E-state index in [0.29, 0.717) is 16.8 Å². The lowest BCUT2D eigenvalue weighted by Gasteiger charge is -2.14. The third-order valence-electron chi connectivity index (χ3n) is 3.95. The van der Waals surface area contributed by atoms with Crippen molar-refractivity contribution < 1.29 is 9.53 Å². The first-order chi connectivity index (χ1) is 12.1. The molecular formula is C21H19NO3. The summed E-state index contributed by atoms with van der Waals surface area (Å²) in [5, 5.41) is 0. The molecule has 0 bridgehead atoms. The Bertz CT molecular complexity index is 941. The van der Waals surface area contributed by atoms with Crippen LogP contribution in [0.2, 0.25) is 0 Å². The second-order valence-electron chi connectivity index (χ2n) is 5.75. The van der Waals surface area contributed by atoms with Gasteiger partial charge in [0.1, 0.15) is 0 Å². The highest BCUT2D eigenvalue weighted by molar-refractivity contribution is 6.03. The van der Waals surface area contributed by atoms with Crippen LogP contribution < -0.4 is 5.56 Å². The van der Waals surface area contributed by atoms with Gasteiger partial charge in [0, 0.05) is 11.6 Å². The van der Waals surface area contributed by atoms with Crippen molar-refractivity contribution in [2.45, 2.75) is 13.8 Å². The maximum atomic E-state index is 12.7. The summed E-state index contributed by atoms with van der Waals surface area (Å²) in [6.07, 6.45) is 0. The molecule has 1 N–H and O–H groups in total.